The predicted molar refractivity (Wildman–Crippen MR) is 158 cm³/mol. The van der Waals surface area contributed by atoms with Gasteiger partial charge in [0.25, 0.3) is 5.91 Å². The van der Waals surface area contributed by atoms with Gasteiger partial charge in [-0.25, -0.2) is 9.37 Å². The number of anilines is 1. The number of pyridine rings is 3. The number of benzene rings is 1. The zero-order valence-corrected chi connectivity index (χ0v) is 23.6. The first kappa shape index (κ1) is 27.4. The van der Waals surface area contributed by atoms with Crippen molar-refractivity contribution in [1.29, 1.82) is 0 Å². The monoisotopic (exact) mass is 574 g/mol. The van der Waals surface area contributed by atoms with Crippen molar-refractivity contribution in [2.45, 2.75) is 57.8 Å². The van der Waals surface area contributed by atoms with Gasteiger partial charge in [-0.1, -0.05) is 11.6 Å². The summed E-state index contributed by atoms with van der Waals surface area (Å²) in [7, 11) is 0. The first-order valence-corrected chi connectivity index (χ1v) is 14.3. The molecule has 2 aliphatic rings. The summed E-state index contributed by atoms with van der Waals surface area (Å²) in [5.41, 5.74) is 9.74. The summed E-state index contributed by atoms with van der Waals surface area (Å²) in [5, 5.41) is 0.385. The van der Waals surface area contributed by atoms with Crippen molar-refractivity contribution in [2.75, 3.05) is 18.0 Å². The second-order valence-corrected chi connectivity index (χ2v) is 11.5. The van der Waals surface area contributed by atoms with Crippen molar-refractivity contribution < 1.29 is 9.18 Å². The topological polar surface area (TPSA) is 97.3 Å². The SMILES string of the molecule is Cc1cc(CN(Cc2cn(C3CC3)c3cc(Cl)c(F)cc3c2=O)[C@H]2CCCN(c3ccc(C(N)=O)nc3)C2)ccn1. The Hall–Kier alpha value is -3.82. The lowest BCUT2D eigenvalue weighted by atomic mass is 10.0. The zero-order chi connectivity index (χ0) is 28.7. The molecule has 1 aromatic carbocycles. The molecule has 1 amide bonds. The number of carbonyl (C=O) groups excluding carboxylic acids is 1. The van der Waals surface area contributed by atoms with Gasteiger partial charge in [-0.05, 0) is 74.6 Å². The van der Waals surface area contributed by atoms with E-state index >= 15 is 0 Å². The second-order valence-electron chi connectivity index (χ2n) is 11.1. The number of primary amides is 1. The number of halogens is 2. The van der Waals surface area contributed by atoms with E-state index in [4.69, 9.17) is 17.3 Å². The van der Waals surface area contributed by atoms with Crippen LogP contribution in [0.5, 0.6) is 0 Å². The molecule has 1 aliphatic heterocycles. The third-order valence-corrected chi connectivity index (χ3v) is 8.38. The molecule has 8 nitrogen and oxygen atoms in total. The van der Waals surface area contributed by atoms with Crippen molar-refractivity contribution in [2.24, 2.45) is 5.73 Å². The van der Waals surface area contributed by atoms with Gasteiger partial charge in [0.15, 0.2) is 5.43 Å². The normalized spacial score (nSPS) is 17.4. The Morgan fingerprint density at radius 3 is 2.68 bits per heavy atom. The minimum absolute atomic E-state index is 0.0226. The van der Waals surface area contributed by atoms with Gasteiger partial charge >= 0.3 is 0 Å². The summed E-state index contributed by atoms with van der Waals surface area (Å²) in [5.74, 6) is -1.14. The Kier molecular flexibility index (Phi) is 7.48. The van der Waals surface area contributed by atoms with Gasteiger partial charge in [0.2, 0.25) is 0 Å². The Labute approximate surface area is 242 Å². The average molecular weight is 575 g/mol. The van der Waals surface area contributed by atoms with Crippen LogP contribution in [-0.4, -0.2) is 44.5 Å². The molecule has 3 aromatic heterocycles. The summed E-state index contributed by atoms with van der Waals surface area (Å²) in [6.07, 6.45) is 9.42. The Bertz CT molecular complexity index is 1670. The molecule has 41 heavy (non-hydrogen) atoms. The van der Waals surface area contributed by atoms with Crippen molar-refractivity contribution in [3.8, 4) is 0 Å². The Morgan fingerprint density at radius 1 is 1.15 bits per heavy atom. The summed E-state index contributed by atoms with van der Waals surface area (Å²) in [6, 6.07) is 10.9. The molecule has 0 unspecified atom stereocenters. The van der Waals surface area contributed by atoms with Crippen molar-refractivity contribution in [3.05, 3.63) is 98.6 Å². The summed E-state index contributed by atoms with van der Waals surface area (Å²) in [4.78, 5) is 38.5. The Balaban J connectivity index is 1.35. The van der Waals surface area contributed by atoms with E-state index in [1.165, 1.54) is 6.07 Å². The number of aryl methyl sites for hydroxylation is 1. The molecule has 1 saturated carbocycles. The van der Waals surface area contributed by atoms with Crippen LogP contribution in [0.1, 0.15) is 59.0 Å². The summed E-state index contributed by atoms with van der Waals surface area (Å²) in [6.45, 7) is 4.62. The van der Waals surface area contributed by atoms with E-state index in [-0.39, 0.29) is 28.2 Å². The molecule has 6 rings (SSSR count). The van der Waals surface area contributed by atoms with E-state index in [0.717, 1.165) is 55.7 Å². The average Bonchev–Trinajstić information content (AvgIpc) is 3.81. The minimum atomic E-state index is -0.584. The van der Waals surface area contributed by atoms with Gasteiger partial charge in [-0.15, -0.1) is 0 Å². The van der Waals surface area contributed by atoms with Gasteiger partial charge < -0.3 is 15.2 Å². The van der Waals surface area contributed by atoms with Gasteiger partial charge in [-0.3, -0.25) is 19.5 Å². The highest BCUT2D eigenvalue weighted by Gasteiger charge is 2.29. The van der Waals surface area contributed by atoms with E-state index in [1.807, 2.05) is 31.5 Å². The molecule has 1 atom stereocenters. The lowest BCUT2D eigenvalue weighted by molar-refractivity contribution is 0.0995. The third-order valence-electron chi connectivity index (χ3n) is 8.09. The van der Waals surface area contributed by atoms with Crippen LogP contribution >= 0.6 is 11.6 Å². The molecular weight excluding hydrogens is 543 g/mol. The van der Waals surface area contributed by atoms with Crippen molar-refractivity contribution in [3.63, 3.8) is 0 Å². The molecule has 4 aromatic rings. The number of aromatic nitrogens is 3. The molecule has 10 heteroatoms. The highest BCUT2D eigenvalue weighted by Crippen LogP contribution is 2.38. The van der Waals surface area contributed by atoms with Gasteiger partial charge in [0.05, 0.1) is 22.4 Å². The maximum atomic E-state index is 14.5. The van der Waals surface area contributed by atoms with Gasteiger partial charge in [0, 0.05) is 67.3 Å². The number of piperidine rings is 1. The molecule has 0 spiro atoms. The fourth-order valence-electron chi connectivity index (χ4n) is 5.84. The van der Waals surface area contributed by atoms with Crippen molar-refractivity contribution >= 4 is 34.1 Å². The number of hydrogen-bond donors (Lipinski definition) is 1. The number of amides is 1. The van der Waals surface area contributed by atoms with Gasteiger partial charge in [-0.2, -0.15) is 0 Å². The number of nitrogens with zero attached hydrogens (tertiary/aromatic N) is 5. The fourth-order valence-corrected chi connectivity index (χ4v) is 6.00. The molecule has 212 valence electrons. The number of rotatable bonds is 8. The number of hydrogen-bond acceptors (Lipinski definition) is 6. The molecule has 1 aliphatic carbocycles. The number of fused-ring (bicyclic) bond motifs is 1. The van der Waals surface area contributed by atoms with Crippen LogP contribution in [-0.2, 0) is 13.1 Å². The lowest BCUT2D eigenvalue weighted by Crippen LogP contribution is -2.48. The quantitative estimate of drug-likeness (QED) is 0.318. The fraction of sp³-hybridized carbons (Fsp3) is 0.355. The molecule has 2 N–H and O–H groups in total. The van der Waals surface area contributed by atoms with E-state index < -0.39 is 11.7 Å². The first-order valence-electron chi connectivity index (χ1n) is 14.0. The van der Waals surface area contributed by atoms with Crippen LogP contribution in [0.2, 0.25) is 5.02 Å². The van der Waals surface area contributed by atoms with Crippen molar-refractivity contribution in [1.82, 2.24) is 19.4 Å². The van der Waals surface area contributed by atoms with Crippen LogP contribution in [0, 0.1) is 12.7 Å². The smallest absolute Gasteiger partial charge is 0.267 e. The van der Waals surface area contributed by atoms with E-state index in [9.17, 15) is 14.0 Å². The summed E-state index contributed by atoms with van der Waals surface area (Å²) >= 11 is 6.12. The Morgan fingerprint density at radius 2 is 1.98 bits per heavy atom. The largest absolute Gasteiger partial charge is 0.369 e. The number of nitrogens with two attached hydrogens (primary N) is 1. The molecule has 0 bridgehead atoms. The summed E-state index contributed by atoms with van der Waals surface area (Å²) < 4.78 is 16.6. The zero-order valence-electron chi connectivity index (χ0n) is 22.9. The molecule has 2 fully saturated rings. The maximum absolute atomic E-state index is 14.5. The highest BCUT2D eigenvalue weighted by molar-refractivity contribution is 6.31. The maximum Gasteiger partial charge on any atom is 0.267 e. The molecule has 1 saturated heterocycles. The van der Waals surface area contributed by atoms with Crippen LogP contribution in [0.4, 0.5) is 10.1 Å². The van der Waals surface area contributed by atoms with E-state index in [1.54, 1.807) is 18.3 Å². The molecule has 0 radical (unpaired) electrons. The van der Waals surface area contributed by atoms with Crippen LogP contribution in [0.15, 0.2) is 59.8 Å². The van der Waals surface area contributed by atoms with E-state index in [2.05, 4.69) is 30.4 Å². The first-order chi connectivity index (χ1) is 19.8. The minimum Gasteiger partial charge on any atom is -0.369 e. The van der Waals surface area contributed by atoms with Gasteiger partial charge in [0.1, 0.15) is 11.5 Å². The predicted octanol–water partition coefficient (Wildman–Crippen LogP) is 5.00. The highest BCUT2D eigenvalue weighted by atomic mass is 35.5. The third kappa shape index (κ3) is 5.83. The van der Waals surface area contributed by atoms with E-state index in [0.29, 0.717) is 29.6 Å². The van der Waals surface area contributed by atoms with Crippen LogP contribution in [0.3, 0.4) is 0 Å². The number of carbonyl (C=O) groups is 1. The molecule has 4 heterocycles. The standard InChI is InChI=1S/C31H32ClFN6O2/c1-19-11-20(8-9-35-19)15-38(24-3-2-10-37(18-24)23-6-7-28(31(34)41)36-14-23)16-21-17-39(22-4-5-22)29-13-26(32)27(33)12-25(29)30(21)40/h6-9,11-14,17,22,24H,2-5,10,15-16,18H2,1H3,(H2,34,41)/t24-/m0/s1. The van der Waals surface area contributed by atoms with Crippen LogP contribution < -0.4 is 16.1 Å². The lowest BCUT2D eigenvalue weighted by Gasteiger charge is -2.40. The second kappa shape index (κ2) is 11.2. The molecular formula is C31H32ClFN6O2. The van der Waals surface area contributed by atoms with Crippen LogP contribution in [0.25, 0.3) is 10.9 Å².